The zero-order valence-electron chi connectivity index (χ0n) is 74.6. The van der Waals surface area contributed by atoms with Crippen molar-refractivity contribution < 1.29 is 0 Å². The lowest BCUT2D eigenvalue weighted by atomic mass is 9.92. The van der Waals surface area contributed by atoms with Crippen LogP contribution in [0.15, 0.2) is 449 Å². The summed E-state index contributed by atoms with van der Waals surface area (Å²) in [6.07, 6.45) is 0. The van der Waals surface area contributed by atoms with Crippen LogP contribution in [0.1, 0.15) is 38.9 Å². The largest absolute Gasteiger partial charge is 0.344 e. The van der Waals surface area contributed by atoms with Crippen LogP contribution in [0.3, 0.4) is 0 Å². The Hall–Kier alpha value is -16.0. The first-order valence-electron chi connectivity index (χ1n) is 45.3. The summed E-state index contributed by atoms with van der Waals surface area (Å²) in [7, 11) is 2.12. The molecule has 0 atom stereocenters. The Morgan fingerprint density at radius 3 is 1.02 bits per heavy atom. The van der Waals surface area contributed by atoms with Crippen LogP contribution < -0.4 is 0 Å². The summed E-state index contributed by atoms with van der Waals surface area (Å²) in [5.41, 5.74) is 15.7. The monoisotopic (exact) mass is 1660 g/mol. The van der Waals surface area contributed by atoms with Gasteiger partial charge in [-0.1, -0.05) is 412 Å². The average molecular weight is 1660 g/mol. The molecule has 28 aromatic rings. The third kappa shape index (κ3) is 15.2. The van der Waals surface area contributed by atoms with Gasteiger partial charge in [0.25, 0.3) is 0 Å². The summed E-state index contributed by atoms with van der Waals surface area (Å²) in [6, 6.07) is 161. The van der Waals surface area contributed by atoms with Crippen LogP contribution in [0.2, 0.25) is 0 Å². The molecule has 0 aliphatic rings. The zero-order chi connectivity index (χ0) is 88.0. The summed E-state index contributed by atoms with van der Waals surface area (Å²) < 4.78 is 4.59. The smallest absolute Gasteiger partial charge is 0.0543 e. The standard InChI is InChI=1S/C19H15N.3C17H12.3C15H12.C13H11N/c1-14-11-12-17-16-9-5-6-10-18(16)20(19(17)13-14)15-7-3-2-4-8-15;1-11-10-14-6-2-4-12-8-9-13-5-3-7-15(11)17(13)16(12)14;1-11-9-14-7-5-12-3-2-4-13-6-8-15(10-11)17(14)16(12)13;1-11-5-6-14-8-7-12-3-2-4-13-9-10-15(11)17(14)16(12)13;1-11-14-8-4-2-6-12(14)10-13-7-3-5-9-15(11)13;1-11-10-12-6-2-3-8-14(12)15-9-5-4-7-13(11)15;1-11-6-9-15-13(10-11)8-7-12-4-2-3-5-14(12)15;1-14-12-8-4-2-6-10(12)11-7-3-5-9-13(11)14/h2-13H,1H3;3*2-10H,1H3;3*2-10H,1H3;2-9H,1H3. The first kappa shape index (κ1) is 81.1. The van der Waals surface area contributed by atoms with Crippen molar-refractivity contribution >= 4 is 205 Å². The number of aryl methyl sites for hydroxylation is 8. The molecule has 0 aliphatic carbocycles. The summed E-state index contributed by atoms with van der Waals surface area (Å²) in [5, 5.41) is 46.0. The molecule has 0 fully saturated rings. The van der Waals surface area contributed by atoms with Crippen molar-refractivity contribution in [1.82, 2.24) is 9.13 Å². The zero-order valence-corrected chi connectivity index (χ0v) is 74.6. The van der Waals surface area contributed by atoms with E-state index in [4.69, 9.17) is 0 Å². The van der Waals surface area contributed by atoms with Gasteiger partial charge in [0.05, 0.1) is 11.0 Å². The van der Waals surface area contributed by atoms with Gasteiger partial charge in [0.2, 0.25) is 0 Å². The van der Waals surface area contributed by atoms with E-state index in [1.54, 1.807) is 0 Å². The quantitative estimate of drug-likeness (QED) is 0.115. The number of aromatic nitrogens is 2. The molecule has 0 saturated carbocycles. The van der Waals surface area contributed by atoms with Crippen LogP contribution in [0.4, 0.5) is 0 Å². The fraction of sp³-hybridized carbons (Fsp3) is 0.0625. The number of hydrogen-bond donors (Lipinski definition) is 0. The lowest BCUT2D eigenvalue weighted by Crippen LogP contribution is -1.92. The third-order valence-corrected chi connectivity index (χ3v) is 26.6. The van der Waals surface area contributed by atoms with Crippen LogP contribution >= 0.6 is 0 Å². The maximum Gasteiger partial charge on any atom is 0.0543 e. The highest BCUT2D eigenvalue weighted by Crippen LogP contribution is 2.41. The fourth-order valence-corrected chi connectivity index (χ4v) is 20.4. The van der Waals surface area contributed by atoms with Crippen molar-refractivity contribution in [1.29, 1.82) is 0 Å². The van der Waals surface area contributed by atoms with Gasteiger partial charge in [-0.3, -0.25) is 0 Å². The predicted molar refractivity (Wildman–Crippen MR) is 569 cm³/mol. The van der Waals surface area contributed by atoms with E-state index < -0.39 is 0 Å². The molecule has 2 aromatic heterocycles. The van der Waals surface area contributed by atoms with Gasteiger partial charge in [0.1, 0.15) is 0 Å². The highest BCUT2D eigenvalue weighted by molar-refractivity contribution is 6.26. The molecule has 130 heavy (non-hydrogen) atoms. The van der Waals surface area contributed by atoms with Crippen LogP contribution in [0.5, 0.6) is 0 Å². The fourth-order valence-electron chi connectivity index (χ4n) is 20.4. The normalized spacial score (nSPS) is 11.4. The Balaban J connectivity index is 0.0000000901. The van der Waals surface area contributed by atoms with Crippen molar-refractivity contribution in [3.63, 3.8) is 0 Å². The molecule has 2 heteroatoms. The van der Waals surface area contributed by atoms with Gasteiger partial charge < -0.3 is 9.13 Å². The molecule has 0 spiro atoms. The lowest BCUT2D eigenvalue weighted by molar-refractivity contribution is 1.01. The van der Waals surface area contributed by atoms with Crippen molar-refractivity contribution in [2.45, 2.75) is 48.5 Å². The molecule has 0 radical (unpaired) electrons. The summed E-state index contributed by atoms with van der Waals surface area (Å²) >= 11 is 0. The molecular weight excluding hydrogens is 1570 g/mol. The van der Waals surface area contributed by atoms with E-state index in [9.17, 15) is 0 Å². The van der Waals surface area contributed by atoms with E-state index in [-0.39, 0.29) is 0 Å². The lowest BCUT2D eigenvalue weighted by Gasteiger charge is -2.12. The second-order valence-electron chi connectivity index (χ2n) is 35.0. The predicted octanol–water partition coefficient (Wildman–Crippen LogP) is 36.0. The highest BCUT2D eigenvalue weighted by Gasteiger charge is 2.16. The SMILES string of the molecule is Cc1c2ccccc2cc2ccccc12.Cc1cc2ccc3cccc4ccc(c1)c2c34.Cc1cc2cccc3ccc4cccc1c4c32.Cc1cc2ccccc2c2ccccc12.Cc1ccc2c(ccc3ccccc32)c1.Cc1ccc2c3ccccc3n(-c3ccccc3)c2c1.Cc1ccc2ccc3cccc4ccc1c2c34.Cn1c2ccccc2c2ccccc21. The van der Waals surface area contributed by atoms with Crippen molar-refractivity contribution in [3.05, 3.63) is 488 Å². The number of nitrogens with zero attached hydrogens (tertiary/aromatic N) is 2. The van der Waals surface area contributed by atoms with Crippen LogP contribution in [0, 0.1) is 48.5 Å². The Morgan fingerprint density at radius 1 is 0.146 bits per heavy atom. The number of fused-ring (bicyclic) bond motifs is 14. The minimum atomic E-state index is 1.21. The van der Waals surface area contributed by atoms with Crippen LogP contribution in [0.25, 0.3) is 211 Å². The molecule has 620 valence electrons. The van der Waals surface area contributed by atoms with E-state index in [0.29, 0.717) is 0 Å². The molecule has 0 N–H and O–H groups in total. The maximum atomic E-state index is 2.34. The van der Waals surface area contributed by atoms with Gasteiger partial charge in [-0.05, 0) is 286 Å². The molecule has 0 saturated heterocycles. The molecule has 0 aliphatic heterocycles. The molecule has 2 heterocycles. The first-order chi connectivity index (χ1) is 63.8. The minimum absolute atomic E-state index is 1.21. The van der Waals surface area contributed by atoms with Gasteiger partial charge in [-0.2, -0.15) is 0 Å². The summed E-state index contributed by atoms with van der Waals surface area (Å²) in [6.45, 7) is 15.2. The number of benzene rings is 26. The van der Waals surface area contributed by atoms with E-state index in [1.807, 2.05) is 0 Å². The van der Waals surface area contributed by atoms with Crippen LogP contribution in [-0.4, -0.2) is 9.13 Å². The second-order valence-corrected chi connectivity index (χ2v) is 35.0. The Morgan fingerprint density at radius 2 is 0.438 bits per heavy atom. The topological polar surface area (TPSA) is 9.86 Å². The Bertz CT molecular complexity index is 8840. The van der Waals surface area contributed by atoms with E-state index in [1.165, 1.54) is 250 Å². The van der Waals surface area contributed by atoms with Crippen molar-refractivity contribution in [2.75, 3.05) is 0 Å². The van der Waals surface area contributed by atoms with Gasteiger partial charge in [0, 0.05) is 45.3 Å². The first-order valence-corrected chi connectivity index (χ1v) is 45.3. The van der Waals surface area contributed by atoms with Gasteiger partial charge in [-0.25, -0.2) is 0 Å². The molecule has 28 rings (SSSR count). The number of rotatable bonds is 1. The van der Waals surface area contributed by atoms with Crippen molar-refractivity contribution in [3.8, 4) is 5.69 Å². The molecule has 0 amide bonds. The van der Waals surface area contributed by atoms with Gasteiger partial charge in [0.15, 0.2) is 0 Å². The van der Waals surface area contributed by atoms with Crippen LogP contribution in [-0.2, 0) is 7.05 Å². The van der Waals surface area contributed by atoms with E-state index in [2.05, 4.69) is 514 Å². The maximum absolute atomic E-state index is 2.34. The molecule has 0 bridgehead atoms. The molecule has 0 unspecified atom stereocenters. The van der Waals surface area contributed by atoms with Gasteiger partial charge in [-0.15, -0.1) is 0 Å². The van der Waals surface area contributed by atoms with Gasteiger partial charge >= 0.3 is 0 Å². The Kier molecular flexibility index (Phi) is 21.7. The Labute approximate surface area is 758 Å². The molecule has 2 nitrogen and oxygen atoms in total. The molecule has 26 aromatic carbocycles. The van der Waals surface area contributed by atoms with E-state index >= 15 is 0 Å². The summed E-state index contributed by atoms with van der Waals surface area (Å²) in [5.74, 6) is 0. The third-order valence-electron chi connectivity index (χ3n) is 26.6. The summed E-state index contributed by atoms with van der Waals surface area (Å²) in [4.78, 5) is 0. The average Bonchev–Trinajstić information content (AvgIpc) is 1.59. The van der Waals surface area contributed by atoms with E-state index in [0.717, 1.165) is 0 Å². The number of para-hydroxylation sites is 4. The minimum Gasteiger partial charge on any atom is -0.344 e. The second kappa shape index (κ2) is 34.7. The van der Waals surface area contributed by atoms with Crippen molar-refractivity contribution in [2.24, 2.45) is 7.05 Å². The highest BCUT2D eigenvalue weighted by atomic mass is 15.0. The number of hydrogen-bond acceptors (Lipinski definition) is 0. The molecular formula is C128H98N2.